The fourth-order valence-corrected chi connectivity index (χ4v) is 4.43. The molecule has 0 radical (unpaired) electrons. The van der Waals surface area contributed by atoms with Gasteiger partial charge in [-0.25, -0.2) is 4.98 Å². The Balaban J connectivity index is 1.29. The zero-order valence-corrected chi connectivity index (χ0v) is 15.6. The second kappa shape index (κ2) is 6.84. The van der Waals surface area contributed by atoms with E-state index in [9.17, 15) is 4.79 Å². The second-order valence-corrected chi connectivity index (χ2v) is 7.78. The molecule has 2 saturated heterocycles. The van der Waals surface area contributed by atoms with Crippen molar-refractivity contribution in [3.8, 4) is 5.19 Å². The number of amides is 1. The summed E-state index contributed by atoms with van der Waals surface area (Å²) in [6.45, 7) is 2.11. The number of benzene rings is 1. The van der Waals surface area contributed by atoms with E-state index in [1.165, 1.54) is 11.3 Å². The van der Waals surface area contributed by atoms with E-state index in [4.69, 9.17) is 9.15 Å². The average Bonchev–Trinajstić information content (AvgIpc) is 3.45. The lowest BCUT2D eigenvalue weighted by Crippen LogP contribution is -2.45. The Hall–Kier alpha value is -2.61. The molecule has 2 unspecified atom stereocenters. The summed E-state index contributed by atoms with van der Waals surface area (Å²) in [5, 5.41) is 2.56. The van der Waals surface area contributed by atoms with Crippen LogP contribution in [0.4, 0.5) is 6.01 Å². The molecule has 0 aliphatic carbocycles. The first-order chi connectivity index (χ1) is 13.3. The van der Waals surface area contributed by atoms with Gasteiger partial charge in [0.2, 0.25) is 5.91 Å². The van der Waals surface area contributed by atoms with E-state index in [0.29, 0.717) is 24.3 Å². The van der Waals surface area contributed by atoms with Crippen molar-refractivity contribution in [3.05, 3.63) is 35.8 Å². The highest BCUT2D eigenvalue weighted by Gasteiger charge is 2.39. The molecule has 2 aromatic heterocycles. The quantitative estimate of drug-likeness (QED) is 0.689. The maximum Gasteiger partial charge on any atom is 0.299 e. The number of likely N-dealkylation sites (tertiary alicyclic amines) is 1. The third-order valence-electron chi connectivity index (χ3n) is 5.20. The number of hydrogen-bond donors (Lipinski definition) is 0. The molecule has 0 saturated carbocycles. The zero-order valence-electron chi connectivity index (χ0n) is 14.8. The number of fused-ring (bicyclic) bond motifs is 1. The van der Waals surface area contributed by atoms with Gasteiger partial charge in [0.05, 0.1) is 6.54 Å². The number of rotatable bonds is 4. The molecule has 0 bridgehead atoms. The number of oxazole rings is 1. The Morgan fingerprint density at radius 2 is 2.19 bits per heavy atom. The Labute approximate surface area is 160 Å². The first kappa shape index (κ1) is 16.6. The van der Waals surface area contributed by atoms with Crippen molar-refractivity contribution in [3.63, 3.8) is 0 Å². The van der Waals surface area contributed by atoms with E-state index in [2.05, 4.69) is 9.97 Å². The fraction of sp³-hybridized carbons (Fsp3) is 0.421. The summed E-state index contributed by atoms with van der Waals surface area (Å²) < 4.78 is 11.8. The molecule has 0 N–H and O–H groups in total. The summed E-state index contributed by atoms with van der Waals surface area (Å²) in [5.41, 5.74) is 1.58. The van der Waals surface area contributed by atoms with Crippen LogP contribution >= 0.6 is 11.3 Å². The first-order valence-corrected chi connectivity index (χ1v) is 10.1. The highest BCUT2D eigenvalue weighted by Crippen LogP contribution is 2.30. The first-order valence-electron chi connectivity index (χ1n) is 9.25. The molecular formula is C19H20N4O3S. The van der Waals surface area contributed by atoms with E-state index in [0.717, 1.165) is 36.9 Å². The van der Waals surface area contributed by atoms with E-state index in [-0.39, 0.29) is 18.1 Å². The molecule has 7 nitrogen and oxygen atoms in total. The van der Waals surface area contributed by atoms with Gasteiger partial charge in [0, 0.05) is 31.1 Å². The van der Waals surface area contributed by atoms with Crippen molar-refractivity contribution in [1.29, 1.82) is 0 Å². The van der Waals surface area contributed by atoms with Crippen molar-refractivity contribution >= 4 is 34.4 Å². The van der Waals surface area contributed by atoms with Crippen molar-refractivity contribution in [2.75, 3.05) is 24.5 Å². The van der Waals surface area contributed by atoms with Crippen LogP contribution in [0, 0.1) is 0 Å². The number of para-hydroxylation sites is 2. The van der Waals surface area contributed by atoms with Crippen LogP contribution in [0.1, 0.15) is 19.3 Å². The Morgan fingerprint density at radius 1 is 1.26 bits per heavy atom. The summed E-state index contributed by atoms with van der Waals surface area (Å²) >= 11 is 1.48. The predicted molar refractivity (Wildman–Crippen MR) is 102 cm³/mol. The average molecular weight is 384 g/mol. The molecule has 8 heteroatoms. The largest absolute Gasteiger partial charge is 0.465 e. The minimum atomic E-state index is -0.211. The molecule has 2 aliphatic heterocycles. The van der Waals surface area contributed by atoms with Crippen LogP contribution in [0.3, 0.4) is 0 Å². The van der Waals surface area contributed by atoms with Crippen LogP contribution in [0.5, 0.6) is 5.19 Å². The van der Waals surface area contributed by atoms with Crippen molar-refractivity contribution in [2.24, 2.45) is 0 Å². The van der Waals surface area contributed by atoms with Crippen molar-refractivity contribution in [2.45, 2.75) is 31.4 Å². The fourth-order valence-electron chi connectivity index (χ4n) is 3.88. The SMILES string of the molecule is O=C(C1CCCN1c1nc2ccccc2o1)N1CCC(Oc2nccs2)C1. The summed E-state index contributed by atoms with van der Waals surface area (Å²) in [6.07, 6.45) is 4.36. The van der Waals surface area contributed by atoms with Crippen molar-refractivity contribution in [1.82, 2.24) is 14.9 Å². The minimum absolute atomic E-state index is 0.0132. The molecule has 140 valence electrons. The molecule has 2 fully saturated rings. The second-order valence-electron chi connectivity index (χ2n) is 6.93. The summed E-state index contributed by atoms with van der Waals surface area (Å²) in [4.78, 5) is 25.8. The molecule has 1 aromatic carbocycles. The normalized spacial score (nSPS) is 22.7. The van der Waals surface area contributed by atoms with Gasteiger partial charge in [0.15, 0.2) is 5.58 Å². The summed E-state index contributed by atoms with van der Waals surface area (Å²) in [6, 6.07) is 8.03. The molecular weight excluding hydrogens is 364 g/mol. The number of nitrogens with zero attached hydrogens (tertiary/aromatic N) is 4. The summed E-state index contributed by atoms with van der Waals surface area (Å²) in [5.74, 6) is 0.139. The van der Waals surface area contributed by atoms with Crippen LogP contribution in [0.25, 0.3) is 11.1 Å². The van der Waals surface area contributed by atoms with Gasteiger partial charge < -0.3 is 19.0 Å². The molecule has 4 heterocycles. The van der Waals surface area contributed by atoms with Gasteiger partial charge in [0.25, 0.3) is 11.2 Å². The maximum atomic E-state index is 13.1. The molecule has 3 aromatic rings. The number of aromatic nitrogens is 2. The maximum absolute atomic E-state index is 13.1. The van der Waals surface area contributed by atoms with Gasteiger partial charge >= 0.3 is 0 Å². The zero-order chi connectivity index (χ0) is 18.2. The smallest absolute Gasteiger partial charge is 0.299 e. The Bertz CT molecular complexity index is 908. The highest BCUT2D eigenvalue weighted by atomic mass is 32.1. The van der Waals surface area contributed by atoms with Gasteiger partial charge in [-0.1, -0.05) is 23.5 Å². The molecule has 5 rings (SSSR count). The number of carbonyl (C=O) groups excluding carboxylic acids is 1. The van der Waals surface area contributed by atoms with Gasteiger partial charge in [0.1, 0.15) is 17.7 Å². The lowest BCUT2D eigenvalue weighted by Gasteiger charge is -2.26. The van der Waals surface area contributed by atoms with E-state index >= 15 is 0 Å². The third-order valence-corrected chi connectivity index (χ3v) is 5.86. The number of ether oxygens (including phenoxy) is 1. The van der Waals surface area contributed by atoms with Crippen LogP contribution in [-0.4, -0.2) is 52.6 Å². The van der Waals surface area contributed by atoms with E-state index in [1.807, 2.05) is 39.4 Å². The minimum Gasteiger partial charge on any atom is -0.465 e. The molecule has 1 amide bonds. The highest BCUT2D eigenvalue weighted by molar-refractivity contribution is 7.11. The predicted octanol–water partition coefficient (Wildman–Crippen LogP) is 2.93. The van der Waals surface area contributed by atoms with Crippen LogP contribution in [0.15, 0.2) is 40.3 Å². The van der Waals surface area contributed by atoms with Crippen LogP contribution in [-0.2, 0) is 4.79 Å². The lowest BCUT2D eigenvalue weighted by molar-refractivity contribution is -0.131. The van der Waals surface area contributed by atoms with Gasteiger partial charge in [-0.15, -0.1) is 0 Å². The number of carbonyl (C=O) groups is 1. The van der Waals surface area contributed by atoms with Gasteiger partial charge in [-0.2, -0.15) is 4.98 Å². The molecule has 2 atom stereocenters. The van der Waals surface area contributed by atoms with Crippen LogP contribution < -0.4 is 9.64 Å². The van der Waals surface area contributed by atoms with Gasteiger partial charge in [-0.05, 0) is 25.0 Å². The Morgan fingerprint density at radius 3 is 3.04 bits per heavy atom. The standard InChI is InChI=1S/C19H20N4O3S/c24-17(22-10-7-13(12-22)25-19-20-8-11-27-19)15-5-3-9-23(15)18-21-14-4-1-2-6-16(14)26-18/h1-2,4,6,8,11,13,15H,3,5,7,9-10,12H2. The Kier molecular flexibility index (Phi) is 4.20. The number of thiazole rings is 1. The molecule has 27 heavy (non-hydrogen) atoms. The number of anilines is 1. The van der Waals surface area contributed by atoms with Gasteiger partial charge in [-0.3, -0.25) is 4.79 Å². The summed E-state index contributed by atoms with van der Waals surface area (Å²) in [7, 11) is 0. The van der Waals surface area contributed by atoms with Crippen molar-refractivity contribution < 1.29 is 13.9 Å². The topological polar surface area (TPSA) is 71.7 Å². The van der Waals surface area contributed by atoms with E-state index < -0.39 is 0 Å². The lowest BCUT2D eigenvalue weighted by atomic mass is 10.2. The molecule has 2 aliphatic rings. The molecule has 0 spiro atoms. The number of hydrogen-bond acceptors (Lipinski definition) is 7. The monoisotopic (exact) mass is 384 g/mol. The van der Waals surface area contributed by atoms with E-state index in [1.54, 1.807) is 6.20 Å². The van der Waals surface area contributed by atoms with Crippen LogP contribution in [0.2, 0.25) is 0 Å². The third kappa shape index (κ3) is 3.14.